The van der Waals surface area contributed by atoms with E-state index in [1.807, 2.05) is 0 Å². The molecule has 0 aromatic heterocycles. The lowest BCUT2D eigenvalue weighted by molar-refractivity contribution is 0.368. The van der Waals surface area contributed by atoms with Crippen LogP contribution in [0, 0.1) is 0 Å². The molecule has 2 aromatic rings. The molecule has 24 heavy (non-hydrogen) atoms. The van der Waals surface area contributed by atoms with Gasteiger partial charge in [-0.15, -0.1) is 0 Å². The van der Waals surface area contributed by atoms with Crippen LogP contribution in [-0.4, -0.2) is 13.0 Å². The van der Waals surface area contributed by atoms with Gasteiger partial charge in [-0.1, -0.05) is 56.2 Å². The van der Waals surface area contributed by atoms with Crippen LogP contribution < -0.4 is 0 Å². The SMILES string of the molecule is CCCCCC[S+](c1ccccc1)c1ccccc1.F[B-](F)(F)F. The maximum Gasteiger partial charge on any atom is 0.673 e. The number of hydrogen-bond acceptors (Lipinski definition) is 0. The predicted octanol–water partition coefficient (Wildman–Crippen LogP) is 6.60. The zero-order valence-electron chi connectivity index (χ0n) is 13.8. The van der Waals surface area contributed by atoms with Crippen molar-refractivity contribution < 1.29 is 17.3 Å². The van der Waals surface area contributed by atoms with Gasteiger partial charge in [0.15, 0.2) is 9.79 Å². The average Bonchev–Trinajstić information content (AvgIpc) is 2.55. The van der Waals surface area contributed by atoms with Gasteiger partial charge < -0.3 is 17.3 Å². The Morgan fingerprint density at radius 3 is 1.50 bits per heavy atom. The van der Waals surface area contributed by atoms with Crippen LogP contribution in [0.1, 0.15) is 32.6 Å². The summed E-state index contributed by atoms with van der Waals surface area (Å²) in [4.78, 5) is 2.95. The van der Waals surface area contributed by atoms with E-state index >= 15 is 0 Å². The standard InChI is InChI=1S/C18H23S.BF4/c1-2-3-4-11-16-19(17-12-7-5-8-13-17)18-14-9-6-10-15-18;2-1(3,4)5/h5-10,12-15H,2-4,11,16H2,1H3;/q+1;-1. The highest BCUT2D eigenvalue weighted by Gasteiger charge is 2.23. The summed E-state index contributed by atoms with van der Waals surface area (Å²) in [5.74, 6) is 1.29. The number of benzene rings is 2. The Balaban J connectivity index is 0.000000505. The molecule has 2 rings (SSSR count). The van der Waals surface area contributed by atoms with Crippen molar-refractivity contribution in [3.8, 4) is 0 Å². The van der Waals surface area contributed by atoms with E-state index in [1.54, 1.807) is 0 Å². The van der Waals surface area contributed by atoms with E-state index in [1.165, 1.54) is 41.2 Å². The highest BCUT2D eigenvalue weighted by Crippen LogP contribution is 2.24. The molecule has 0 spiro atoms. The highest BCUT2D eigenvalue weighted by atomic mass is 32.2. The van der Waals surface area contributed by atoms with Crippen LogP contribution in [0.2, 0.25) is 0 Å². The molecule has 0 radical (unpaired) electrons. The van der Waals surface area contributed by atoms with E-state index in [9.17, 15) is 17.3 Å². The van der Waals surface area contributed by atoms with Gasteiger partial charge in [-0.2, -0.15) is 0 Å². The van der Waals surface area contributed by atoms with Crippen LogP contribution in [-0.2, 0) is 10.9 Å². The van der Waals surface area contributed by atoms with Gasteiger partial charge in [-0.3, -0.25) is 0 Å². The molecule has 0 aliphatic carbocycles. The fraction of sp³-hybridized carbons (Fsp3) is 0.333. The van der Waals surface area contributed by atoms with Crippen molar-refractivity contribution >= 4 is 18.1 Å². The average molecular weight is 358 g/mol. The van der Waals surface area contributed by atoms with Gasteiger partial charge in [0.2, 0.25) is 0 Å². The molecule has 0 unspecified atom stereocenters. The van der Waals surface area contributed by atoms with Crippen molar-refractivity contribution in [3.05, 3.63) is 60.7 Å². The predicted molar refractivity (Wildman–Crippen MR) is 96.0 cm³/mol. The van der Waals surface area contributed by atoms with E-state index in [2.05, 4.69) is 67.6 Å². The summed E-state index contributed by atoms with van der Waals surface area (Å²) < 4.78 is 39.0. The molecule has 0 bridgehead atoms. The Morgan fingerprint density at radius 2 is 1.12 bits per heavy atom. The first-order valence-corrected chi connectivity index (χ1v) is 9.49. The number of hydrogen-bond donors (Lipinski definition) is 0. The molecule has 0 fully saturated rings. The number of halogens is 4. The number of unbranched alkanes of at least 4 members (excludes halogenated alkanes) is 3. The van der Waals surface area contributed by atoms with E-state index in [4.69, 9.17) is 0 Å². The first-order valence-electron chi connectivity index (χ1n) is 8.10. The smallest absolute Gasteiger partial charge is 0.418 e. The monoisotopic (exact) mass is 358 g/mol. The minimum Gasteiger partial charge on any atom is -0.418 e. The summed E-state index contributed by atoms with van der Waals surface area (Å²) in [5.41, 5.74) is 0. The van der Waals surface area contributed by atoms with E-state index in [0.29, 0.717) is 0 Å². The lowest BCUT2D eigenvalue weighted by Crippen LogP contribution is -2.08. The summed E-state index contributed by atoms with van der Waals surface area (Å²) in [6.45, 7) is 2.27. The molecular formula is C18H23BF4S. The van der Waals surface area contributed by atoms with Crippen LogP contribution >= 0.6 is 0 Å². The van der Waals surface area contributed by atoms with Gasteiger partial charge in [-0.05, 0) is 37.1 Å². The fourth-order valence-electron chi connectivity index (χ4n) is 2.21. The van der Waals surface area contributed by atoms with Crippen molar-refractivity contribution in [1.29, 1.82) is 0 Å². The molecule has 0 N–H and O–H groups in total. The third kappa shape index (κ3) is 9.66. The van der Waals surface area contributed by atoms with E-state index in [0.717, 1.165) is 0 Å². The third-order valence-electron chi connectivity index (χ3n) is 3.26. The molecule has 2 aromatic carbocycles. The molecule has 6 heteroatoms. The zero-order chi connectivity index (χ0) is 17.8. The topological polar surface area (TPSA) is 0 Å². The van der Waals surface area contributed by atoms with E-state index < -0.39 is 7.25 Å². The summed E-state index contributed by atoms with van der Waals surface area (Å²) in [6, 6.07) is 21.9. The quantitative estimate of drug-likeness (QED) is 0.226. The van der Waals surface area contributed by atoms with Gasteiger partial charge in [0.25, 0.3) is 0 Å². The molecule has 0 aliphatic heterocycles. The van der Waals surface area contributed by atoms with Crippen molar-refractivity contribution in [2.24, 2.45) is 0 Å². The van der Waals surface area contributed by atoms with Gasteiger partial charge in [0.05, 0.1) is 10.9 Å². The Kier molecular flexibility index (Phi) is 9.61. The third-order valence-corrected chi connectivity index (χ3v) is 5.64. The maximum atomic E-state index is 9.75. The molecule has 0 saturated heterocycles. The lowest BCUT2D eigenvalue weighted by Gasteiger charge is -2.08. The van der Waals surface area contributed by atoms with Gasteiger partial charge in [0, 0.05) is 0 Å². The van der Waals surface area contributed by atoms with Gasteiger partial charge in [-0.25, -0.2) is 0 Å². The molecule has 0 nitrogen and oxygen atoms in total. The van der Waals surface area contributed by atoms with Crippen LogP contribution in [0.5, 0.6) is 0 Å². The van der Waals surface area contributed by atoms with Crippen molar-refractivity contribution in [1.82, 2.24) is 0 Å². The van der Waals surface area contributed by atoms with Crippen molar-refractivity contribution in [2.75, 3.05) is 5.75 Å². The van der Waals surface area contributed by atoms with Gasteiger partial charge >= 0.3 is 7.25 Å². The summed E-state index contributed by atoms with van der Waals surface area (Å²) >= 11 is 0. The summed E-state index contributed by atoms with van der Waals surface area (Å²) in [7, 11) is -5.75. The van der Waals surface area contributed by atoms with Crippen molar-refractivity contribution in [2.45, 2.75) is 42.4 Å². The van der Waals surface area contributed by atoms with Crippen molar-refractivity contribution in [3.63, 3.8) is 0 Å². The normalized spacial score (nSPS) is 11.1. The molecular weight excluding hydrogens is 335 g/mol. The van der Waals surface area contributed by atoms with Crippen LogP contribution in [0.25, 0.3) is 0 Å². The minimum absolute atomic E-state index is 0.245. The Bertz CT molecular complexity index is 500. The fourth-order valence-corrected chi connectivity index (χ4v) is 4.42. The summed E-state index contributed by atoms with van der Waals surface area (Å²) in [6.07, 6.45) is 5.37. The van der Waals surface area contributed by atoms with Gasteiger partial charge in [0.1, 0.15) is 5.75 Å². The van der Waals surface area contributed by atoms with Crippen LogP contribution in [0.3, 0.4) is 0 Å². The minimum atomic E-state index is -6.00. The molecule has 0 atom stereocenters. The Morgan fingerprint density at radius 1 is 0.708 bits per heavy atom. The Labute approximate surface area is 144 Å². The van der Waals surface area contributed by atoms with E-state index in [-0.39, 0.29) is 10.9 Å². The largest absolute Gasteiger partial charge is 0.673 e. The molecule has 0 heterocycles. The summed E-state index contributed by atoms with van der Waals surface area (Å²) in [5, 5.41) is 0. The lowest BCUT2D eigenvalue weighted by atomic mass is 10.2. The second-order valence-corrected chi connectivity index (χ2v) is 7.41. The molecule has 132 valence electrons. The Hall–Kier alpha value is -1.43. The second kappa shape index (κ2) is 11.2. The maximum absolute atomic E-state index is 9.75. The first-order chi connectivity index (χ1) is 11.4. The molecule has 0 saturated carbocycles. The molecule has 0 amide bonds. The number of rotatable bonds is 7. The first kappa shape index (κ1) is 20.6. The highest BCUT2D eigenvalue weighted by molar-refractivity contribution is 7.97. The zero-order valence-corrected chi connectivity index (χ0v) is 14.6. The van der Waals surface area contributed by atoms with Crippen LogP contribution in [0.4, 0.5) is 17.3 Å². The molecule has 0 aliphatic rings. The second-order valence-electron chi connectivity index (χ2n) is 5.28. The van der Waals surface area contributed by atoms with Crippen LogP contribution in [0.15, 0.2) is 70.5 Å².